The highest BCUT2D eigenvalue weighted by molar-refractivity contribution is 5.02. The van der Waals surface area contributed by atoms with Gasteiger partial charge < -0.3 is 20.1 Å². The zero-order valence-electron chi connectivity index (χ0n) is 5.56. The van der Waals surface area contributed by atoms with Crippen molar-refractivity contribution in [2.45, 2.75) is 25.2 Å². The molecule has 0 unspecified atom stereocenters. The molecule has 0 aromatic heterocycles. The lowest BCUT2D eigenvalue weighted by atomic mass is 10.1. The second kappa shape index (κ2) is 2.48. The van der Waals surface area contributed by atoms with Crippen LogP contribution in [0, 0.1) is 0 Å². The van der Waals surface area contributed by atoms with Crippen LogP contribution >= 0.6 is 0 Å². The molecule has 4 heteroatoms. The van der Waals surface area contributed by atoms with Crippen molar-refractivity contribution in [3.8, 4) is 0 Å². The topological polar surface area (TPSA) is 69.9 Å². The average molecular weight is 146 g/mol. The van der Waals surface area contributed by atoms with E-state index in [0.717, 1.165) is 6.26 Å². The van der Waals surface area contributed by atoms with Crippen LogP contribution in [0.5, 0.6) is 0 Å². The summed E-state index contributed by atoms with van der Waals surface area (Å²) in [7, 11) is 0. The summed E-state index contributed by atoms with van der Waals surface area (Å²) < 4.78 is 4.75. The van der Waals surface area contributed by atoms with Crippen molar-refractivity contribution < 1.29 is 20.1 Å². The molecule has 1 heterocycles. The van der Waals surface area contributed by atoms with E-state index >= 15 is 0 Å². The molecule has 1 aliphatic heterocycles. The summed E-state index contributed by atoms with van der Waals surface area (Å²) in [4.78, 5) is 0. The lowest BCUT2D eigenvalue weighted by molar-refractivity contribution is -0.0785. The van der Waals surface area contributed by atoms with Crippen molar-refractivity contribution in [3.05, 3.63) is 12.0 Å². The van der Waals surface area contributed by atoms with Gasteiger partial charge in [0.15, 0.2) is 5.76 Å². The Balaban J connectivity index is 2.71. The summed E-state index contributed by atoms with van der Waals surface area (Å²) in [5.41, 5.74) is 0. The Hall–Kier alpha value is -0.740. The maximum atomic E-state index is 9.04. The molecule has 58 valence electrons. The Morgan fingerprint density at radius 1 is 1.50 bits per heavy atom. The summed E-state index contributed by atoms with van der Waals surface area (Å²) in [6.45, 7) is 1.61. The number of aliphatic hydroxyl groups excluding tert-OH is 3. The van der Waals surface area contributed by atoms with Crippen LogP contribution in [0.3, 0.4) is 0 Å². The van der Waals surface area contributed by atoms with Crippen LogP contribution in [0.25, 0.3) is 0 Å². The first-order chi connectivity index (χ1) is 4.63. The quantitative estimate of drug-likeness (QED) is 0.432. The van der Waals surface area contributed by atoms with E-state index in [1.807, 2.05) is 0 Å². The Morgan fingerprint density at radius 2 is 2.10 bits per heavy atom. The van der Waals surface area contributed by atoms with Gasteiger partial charge in [0.1, 0.15) is 24.6 Å². The molecule has 0 bridgehead atoms. The fourth-order valence-corrected chi connectivity index (χ4v) is 0.759. The predicted molar refractivity (Wildman–Crippen MR) is 33.3 cm³/mol. The smallest absolute Gasteiger partial charge is 0.158 e. The van der Waals surface area contributed by atoms with E-state index in [1.165, 1.54) is 0 Å². The summed E-state index contributed by atoms with van der Waals surface area (Å²) in [5.74, 6) is -0.328. The van der Waals surface area contributed by atoms with Gasteiger partial charge in [-0.3, -0.25) is 0 Å². The van der Waals surface area contributed by atoms with Crippen molar-refractivity contribution in [2.75, 3.05) is 0 Å². The highest BCUT2D eigenvalue weighted by atomic mass is 16.5. The van der Waals surface area contributed by atoms with E-state index in [2.05, 4.69) is 0 Å². The molecule has 0 saturated carbocycles. The lowest BCUT2D eigenvalue weighted by Crippen LogP contribution is -2.40. The van der Waals surface area contributed by atoms with E-state index in [-0.39, 0.29) is 5.76 Å². The first kappa shape index (κ1) is 7.37. The molecule has 0 radical (unpaired) electrons. The van der Waals surface area contributed by atoms with E-state index in [9.17, 15) is 0 Å². The maximum Gasteiger partial charge on any atom is 0.158 e. The van der Waals surface area contributed by atoms with Crippen LogP contribution in [-0.4, -0.2) is 33.6 Å². The third kappa shape index (κ3) is 1.08. The second-order valence-corrected chi connectivity index (χ2v) is 2.32. The predicted octanol–water partition coefficient (Wildman–Crippen LogP) is -0.474. The van der Waals surface area contributed by atoms with Crippen LogP contribution in [0.4, 0.5) is 0 Å². The van der Waals surface area contributed by atoms with Gasteiger partial charge in [0.05, 0.1) is 0 Å². The minimum Gasteiger partial charge on any atom is -0.506 e. The molecule has 0 spiro atoms. The Bertz CT molecular complexity index is 154. The number of hydrogen-bond acceptors (Lipinski definition) is 4. The van der Waals surface area contributed by atoms with Crippen LogP contribution in [0.2, 0.25) is 0 Å². The molecule has 0 aromatic carbocycles. The molecule has 0 amide bonds. The normalized spacial score (nSPS) is 40.3. The highest BCUT2D eigenvalue weighted by Crippen LogP contribution is 2.15. The molecule has 0 fully saturated rings. The molecule has 0 aromatic rings. The molecule has 3 atom stereocenters. The van der Waals surface area contributed by atoms with E-state index in [4.69, 9.17) is 20.1 Å². The number of hydrogen-bond donors (Lipinski definition) is 3. The Kier molecular flexibility index (Phi) is 1.82. The van der Waals surface area contributed by atoms with Crippen LogP contribution in [0.1, 0.15) is 6.92 Å². The van der Waals surface area contributed by atoms with Crippen molar-refractivity contribution in [3.63, 3.8) is 0 Å². The lowest BCUT2D eigenvalue weighted by Gasteiger charge is -2.27. The van der Waals surface area contributed by atoms with Crippen LogP contribution < -0.4 is 0 Å². The third-order valence-corrected chi connectivity index (χ3v) is 1.51. The summed E-state index contributed by atoms with van der Waals surface area (Å²) in [6, 6.07) is 0. The fraction of sp³-hybridized carbons (Fsp3) is 0.667. The first-order valence-electron chi connectivity index (χ1n) is 3.03. The Labute approximate surface area is 58.4 Å². The number of ether oxygens (including phenoxy) is 1. The van der Waals surface area contributed by atoms with Gasteiger partial charge in [-0.05, 0) is 6.92 Å². The van der Waals surface area contributed by atoms with Crippen LogP contribution in [0.15, 0.2) is 12.0 Å². The molecular weight excluding hydrogens is 136 g/mol. The number of rotatable bonds is 0. The van der Waals surface area contributed by atoms with Gasteiger partial charge in [-0.2, -0.15) is 0 Å². The maximum absolute atomic E-state index is 9.04. The standard InChI is InChI=1S/C6H10O4/c1-3-5(8)6(9)4(7)2-10-3/h2-3,5-9H,1H3/t3-,5+,6-/m0/s1. The minimum absolute atomic E-state index is 0.328. The fourth-order valence-electron chi connectivity index (χ4n) is 0.759. The molecule has 0 aliphatic carbocycles. The molecule has 4 nitrogen and oxygen atoms in total. The summed E-state index contributed by atoms with van der Waals surface area (Å²) >= 11 is 0. The minimum atomic E-state index is -1.20. The van der Waals surface area contributed by atoms with Crippen molar-refractivity contribution in [1.29, 1.82) is 0 Å². The summed E-state index contributed by atoms with van der Waals surface area (Å²) in [6.07, 6.45) is -1.66. The molecule has 0 saturated heterocycles. The van der Waals surface area contributed by atoms with Gasteiger partial charge in [-0.15, -0.1) is 0 Å². The molecule has 10 heavy (non-hydrogen) atoms. The van der Waals surface area contributed by atoms with Gasteiger partial charge in [0.25, 0.3) is 0 Å². The van der Waals surface area contributed by atoms with Gasteiger partial charge >= 0.3 is 0 Å². The second-order valence-electron chi connectivity index (χ2n) is 2.32. The van der Waals surface area contributed by atoms with Gasteiger partial charge in [-0.1, -0.05) is 0 Å². The molecular formula is C6H10O4. The third-order valence-electron chi connectivity index (χ3n) is 1.51. The zero-order chi connectivity index (χ0) is 7.72. The molecule has 3 N–H and O–H groups in total. The number of aliphatic hydroxyl groups is 3. The Morgan fingerprint density at radius 3 is 2.60 bits per heavy atom. The first-order valence-corrected chi connectivity index (χ1v) is 3.03. The monoisotopic (exact) mass is 146 g/mol. The van der Waals surface area contributed by atoms with Crippen molar-refractivity contribution >= 4 is 0 Å². The zero-order valence-corrected chi connectivity index (χ0v) is 5.56. The molecule has 1 rings (SSSR count). The van der Waals surface area contributed by atoms with Crippen molar-refractivity contribution in [1.82, 2.24) is 0 Å². The van der Waals surface area contributed by atoms with Gasteiger partial charge in [0.2, 0.25) is 0 Å². The SMILES string of the molecule is C[C@@H]1OC=C(O)[C@H](O)[C@@H]1O. The summed E-state index contributed by atoms with van der Waals surface area (Å²) in [5, 5.41) is 26.8. The van der Waals surface area contributed by atoms with Gasteiger partial charge in [-0.25, -0.2) is 0 Å². The average Bonchev–Trinajstić information content (AvgIpc) is 1.93. The van der Waals surface area contributed by atoms with E-state index < -0.39 is 18.3 Å². The van der Waals surface area contributed by atoms with Crippen LogP contribution in [-0.2, 0) is 4.74 Å². The molecule has 1 aliphatic rings. The van der Waals surface area contributed by atoms with Gasteiger partial charge in [0, 0.05) is 0 Å². The van der Waals surface area contributed by atoms with Crippen molar-refractivity contribution in [2.24, 2.45) is 0 Å². The van der Waals surface area contributed by atoms with E-state index in [0.29, 0.717) is 0 Å². The van der Waals surface area contributed by atoms with E-state index in [1.54, 1.807) is 6.92 Å². The highest BCUT2D eigenvalue weighted by Gasteiger charge is 2.30. The largest absolute Gasteiger partial charge is 0.506 e.